The molecule has 0 unspecified atom stereocenters. The SMILES string of the molecule is CC1=CN(c2ccc3[nH]cc(C4CCCCC4)c3c2)CC=C1. The average molecular weight is 292 g/mol. The molecule has 1 aliphatic carbocycles. The number of rotatable bonds is 2. The Morgan fingerprint density at radius 2 is 2.00 bits per heavy atom. The first-order valence-corrected chi connectivity index (χ1v) is 8.54. The minimum atomic E-state index is 0.747. The molecule has 0 atom stereocenters. The second-order valence-corrected chi connectivity index (χ2v) is 6.74. The maximum absolute atomic E-state index is 3.48. The maximum atomic E-state index is 3.48. The molecule has 1 fully saturated rings. The molecule has 2 heteroatoms. The van der Waals surface area contributed by atoms with Gasteiger partial charge < -0.3 is 9.88 Å². The van der Waals surface area contributed by atoms with Crippen molar-refractivity contribution in [1.29, 1.82) is 0 Å². The van der Waals surface area contributed by atoms with Crippen LogP contribution in [0.3, 0.4) is 0 Å². The van der Waals surface area contributed by atoms with E-state index in [0.29, 0.717) is 0 Å². The van der Waals surface area contributed by atoms with Gasteiger partial charge in [-0.05, 0) is 55.0 Å². The molecule has 0 spiro atoms. The van der Waals surface area contributed by atoms with Crippen molar-refractivity contribution < 1.29 is 0 Å². The molecule has 1 aromatic heterocycles. The molecular formula is C20H24N2. The summed E-state index contributed by atoms with van der Waals surface area (Å²) in [7, 11) is 0. The van der Waals surface area contributed by atoms with Crippen LogP contribution in [0.1, 0.15) is 50.5 Å². The number of aromatic nitrogens is 1. The number of fused-ring (bicyclic) bond motifs is 1. The van der Waals surface area contributed by atoms with Gasteiger partial charge in [0.25, 0.3) is 0 Å². The quantitative estimate of drug-likeness (QED) is 0.774. The van der Waals surface area contributed by atoms with Crippen LogP contribution in [0.15, 0.2) is 48.3 Å². The molecule has 1 saturated carbocycles. The molecular weight excluding hydrogens is 268 g/mol. The largest absolute Gasteiger partial charge is 0.361 e. The molecule has 1 aliphatic heterocycles. The summed E-state index contributed by atoms with van der Waals surface area (Å²) in [4.78, 5) is 5.82. The molecule has 0 saturated heterocycles. The zero-order valence-electron chi connectivity index (χ0n) is 13.3. The van der Waals surface area contributed by atoms with Gasteiger partial charge in [0.1, 0.15) is 0 Å². The number of hydrogen-bond donors (Lipinski definition) is 1. The first-order valence-electron chi connectivity index (χ1n) is 8.54. The summed E-state index contributed by atoms with van der Waals surface area (Å²) in [5.41, 5.74) is 5.42. The molecule has 22 heavy (non-hydrogen) atoms. The first kappa shape index (κ1) is 13.7. The molecule has 4 rings (SSSR count). The first-order chi connectivity index (χ1) is 10.8. The summed E-state index contributed by atoms with van der Waals surface area (Å²) < 4.78 is 0. The fraction of sp³-hybridized carbons (Fsp3) is 0.400. The maximum Gasteiger partial charge on any atom is 0.0458 e. The standard InChI is InChI=1S/C20H24N2/c1-15-6-5-11-22(14-15)17-9-10-20-18(12-17)19(13-21-20)16-7-3-2-4-8-16/h5-6,9-10,12-14,16,21H,2-4,7-8,11H2,1H3. The molecule has 1 aromatic carbocycles. The predicted octanol–water partition coefficient (Wildman–Crippen LogP) is 5.50. The van der Waals surface area contributed by atoms with Crippen molar-refractivity contribution >= 4 is 16.6 Å². The highest BCUT2D eigenvalue weighted by Crippen LogP contribution is 2.37. The number of benzene rings is 1. The monoisotopic (exact) mass is 292 g/mol. The smallest absolute Gasteiger partial charge is 0.0458 e. The van der Waals surface area contributed by atoms with E-state index in [1.54, 1.807) is 0 Å². The van der Waals surface area contributed by atoms with Crippen molar-refractivity contribution in [2.75, 3.05) is 11.4 Å². The Labute approximate surface area is 132 Å². The topological polar surface area (TPSA) is 19.0 Å². The van der Waals surface area contributed by atoms with Crippen molar-refractivity contribution in [2.45, 2.75) is 44.9 Å². The van der Waals surface area contributed by atoms with Crippen LogP contribution in [-0.2, 0) is 0 Å². The molecule has 2 aliphatic rings. The zero-order valence-corrected chi connectivity index (χ0v) is 13.3. The van der Waals surface area contributed by atoms with Crippen LogP contribution in [0.2, 0.25) is 0 Å². The molecule has 0 bridgehead atoms. The lowest BCUT2D eigenvalue weighted by molar-refractivity contribution is 0.445. The number of nitrogens with zero attached hydrogens (tertiary/aromatic N) is 1. The van der Waals surface area contributed by atoms with Crippen molar-refractivity contribution in [3.8, 4) is 0 Å². The Morgan fingerprint density at radius 3 is 2.82 bits per heavy atom. The molecule has 0 radical (unpaired) electrons. The Morgan fingerprint density at radius 1 is 1.14 bits per heavy atom. The van der Waals surface area contributed by atoms with Crippen LogP contribution in [0.5, 0.6) is 0 Å². The number of aromatic amines is 1. The van der Waals surface area contributed by atoms with Gasteiger partial charge in [0, 0.05) is 35.5 Å². The van der Waals surface area contributed by atoms with Crippen LogP contribution >= 0.6 is 0 Å². The number of H-pyrrole nitrogens is 1. The van der Waals surface area contributed by atoms with Crippen LogP contribution in [0.25, 0.3) is 10.9 Å². The van der Waals surface area contributed by atoms with E-state index in [0.717, 1.165) is 12.5 Å². The Kier molecular flexibility index (Phi) is 3.53. The van der Waals surface area contributed by atoms with Gasteiger partial charge in [0.2, 0.25) is 0 Å². The minimum absolute atomic E-state index is 0.747. The second-order valence-electron chi connectivity index (χ2n) is 6.74. The van der Waals surface area contributed by atoms with E-state index in [1.807, 2.05) is 0 Å². The van der Waals surface area contributed by atoms with E-state index >= 15 is 0 Å². The predicted molar refractivity (Wildman–Crippen MR) is 94.4 cm³/mol. The van der Waals surface area contributed by atoms with E-state index < -0.39 is 0 Å². The highest BCUT2D eigenvalue weighted by atomic mass is 15.1. The zero-order chi connectivity index (χ0) is 14.9. The summed E-state index contributed by atoms with van der Waals surface area (Å²) in [5.74, 6) is 0.747. The van der Waals surface area contributed by atoms with E-state index in [2.05, 4.69) is 59.6 Å². The van der Waals surface area contributed by atoms with Gasteiger partial charge in [-0.2, -0.15) is 0 Å². The molecule has 114 valence electrons. The van der Waals surface area contributed by atoms with E-state index in [1.165, 1.54) is 59.8 Å². The summed E-state index contributed by atoms with van der Waals surface area (Å²) in [5, 5.41) is 1.42. The highest BCUT2D eigenvalue weighted by molar-refractivity contribution is 5.87. The van der Waals surface area contributed by atoms with Gasteiger partial charge in [-0.25, -0.2) is 0 Å². The van der Waals surface area contributed by atoms with Crippen molar-refractivity contribution in [2.24, 2.45) is 0 Å². The van der Waals surface area contributed by atoms with Gasteiger partial charge in [0.05, 0.1) is 0 Å². The molecule has 0 amide bonds. The average Bonchev–Trinajstić information content (AvgIpc) is 2.99. The van der Waals surface area contributed by atoms with Gasteiger partial charge in [0.15, 0.2) is 0 Å². The third-order valence-electron chi connectivity index (χ3n) is 5.12. The summed E-state index contributed by atoms with van der Waals surface area (Å²) in [6.45, 7) is 3.12. The fourth-order valence-electron chi connectivity index (χ4n) is 3.93. The van der Waals surface area contributed by atoms with Crippen molar-refractivity contribution in [3.63, 3.8) is 0 Å². The molecule has 2 nitrogen and oxygen atoms in total. The Bertz CT molecular complexity index is 729. The lowest BCUT2D eigenvalue weighted by Gasteiger charge is -2.24. The highest BCUT2D eigenvalue weighted by Gasteiger charge is 2.19. The van der Waals surface area contributed by atoms with Crippen molar-refractivity contribution in [1.82, 2.24) is 4.98 Å². The van der Waals surface area contributed by atoms with E-state index in [-0.39, 0.29) is 0 Å². The minimum Gasteiger partial charge on any atom is -0.361 e. The van der Waals surface area contributed by atoms with E-state index in [4.69, 9.17) is 0 Å². The van der Waals surface area contributed by atoms with Gasteiger partial charge in [-0.15, -0.1) is 0 Å². The van der Waals surface area contributed by atoms with Crippen LogP contribution in [0, 0.1) is 0 Å². The number of anilines is 1. The van der Waals surface area contributed by atoms with Gasteiger partial charge in [-0.3, -0.25) is 0 Å². The normalized spacial score (nSPS) is 19.7. The molecule has 2 aromatic rings. The second kappa shape index (κ2) is 5.68. The number of allylic oxidation sites excluding steroid dienone is 2. The summed E-state index contributed by atoms with van der Waals surface area (Å²) in [6, 6.07) is 6.84. The molecule has 1 N–H and O–H groups in total. The van der Waals surface area contributed by atoms with Crippen LogP contribution in [0.4, 0.5) is 5.69 Å². The van der Waals surface area contributed by atoms with Gasteiger partial charge >= 0.3 is 0 Å². The lowest BCUT2D eigenvalue weighted by atomic mass is 9.84. The van der Waals surface area contributed by atoms with Crippen LogP contribution < -0.4 is 4.90 Å². The fourth-order valence-corrected chi connectivity index (χ4v) is 3.93. The van der Waals surface area contributed by atoms with Crippen molar-refractivity contribution in [3.05, 3.63) is 53.9 Å². The number of nitrogens with one attached hydrogen (secondary N) is 1. The summed E-state index contributed by atoms with van der Waals surface area (Å²) >= 11 is 0. The van der Waals surface area contributed by atoms with E-state index in [9.17, 15) is 0 Å². The molecule has 2 heterocycles. The third-order valence-corrected chi connectivity index (χ3v) is 5.12. The Hall–Kier alpha value is -1.96. The number of hydrogen-bond acceptors (Lipinski definition) is 1. The summed E-state index contributed by atoms with van der Waals surface area (Å²) in [6.07, 6.45) is 15.8. The Balaban J connectivity index is 1.71. The van der Waals surface area contributed by atoms with Gasteiger partial charge in [-0.1, -0.05) is 31.4 Å². The third kappa shape index (κ3) is 2.47. The lowest BCUT2D eigenvalue weighted by Crippen LogP contribution is -2.18. The van der Waals surface area contributed by atoms with Crippen LogP contribution in [-0.4, -0.2) is 11.5 Å².